The highest BCUT2D eigenvalue weighted by atomic mass is 32.2. The van der Waals surface area contributed by atoms with Gasteiger partial charge in [0.1, 0.15) is 0 Å². The lowest BCUT2D eigenvalue weighted by molar-refractivity contribution is -0.121. The third-order valence-corrected chi connectivity index (χ3v) is 5.81. The van der Waals surface area contributed by atoms with E-state index in [-0.39, 0.29) is 23.9 Å². The molecule has 27 heavy (non-hydrogen) atoms. The van der Waals surface area contributed by atoms with Gasteiger partial charge in [0, 0.05) is 37.8 Å². The Balaban J connectivity index is 1.42. The predicted octanol–water partition coefficient (Wildman–Crippen LogP) is 2.43. The molecule has 0 aliphatic rings. The number of carbonyl (C=O) groups excluding carboxylic acids is 1. The fourth-order valence-corrected chi connectivity index (χ4v) is 3.87. The predicted molar refractivity (Wildman–Crippen MR) is 106 cm³/mol. The molecule has 0 atom stereocenters. The zero-order valence-corrected chi connectivity index (χ0v) is 16.0. The summed E-state index contributed by atoms with van der Waals surface area (Å²) in [6.45, 7) is 2.87. The molecule has 0 spiro atoms. The van der Waals surface area contributed by atoms with Gasteiger partial charge in [0.2, 0.25) is 15.9 Å². The molecule has 142 valence electrons. The van der Waals surface area contributed by atoms with Crippen molar-refractivity contribution in [3.63, 3.8) is 0 Å². The molecule has 2 N–H and O–H groups in total. The summed E-state index contributed by atoms with van der Waals surface area (Å²) in [4.78, 5) is 12.2. The summed E-state index contributed by atoms with van der Waals surface area (Å²) < 4.78 is 28.9. The van der Waals surface area contributed by atoms with Gasteiger partial charge in [-0.15, -0.1) is 0 Å². The second-order valence-corrected chi connectivity index (χ2v) is 8.15. The first-order valence-corrected chi connectivity index (χ1v) is 10.3. The van der Waals surface area contributed by atoms with Crippen LogP contribution in [0.3, 0.4) is 0 Å². The molecule has 0 unspecified atom stereocenters. The first-order chi connectivity index (χ1) is 13.0. The van der Waals surface area contributed by atoms with Crippen LogP contribution in [0, 0.1) is 6.92 Å². The average Bonchev–Trinajstić information content (AvgIpc) is 3.07. The number of aryl methyl sites for hydroxylation is 2. The van der Waals surface area contributed by atoms with Crippen molar-refractivity contribution in [2.45, 2.75) is 24.8 Å². The summed E-state index contributed by atoms with van der Waals surface area (Å²) in [7, 11) is -3.55. The van der Waals surface area contributed by atoms with E-state index in [0.717, 1.165) is 16.5 Å². The molecule has 3 rings (SSSR count). The molecule has 0 bridgehead atoms. The Kier molecular flexibility index (Phi) is 5.93. The molecule has 0 aliphatic carbocycles. The molecule has 0 aliphatic heterocycles. The van der Waals surface area contributed by atoms with Crippen LogP contribution in [-0.2, 0) is 21.4 Å². The van der Waals surface area contributed by atoms with Crippen LogP contribution < -0.4 is 10.0 Å². The van der Waals surface area contributed by atoms with Crippen molar-refractivity contribution in [3.8, 4) is 0 Å². The highest BCUT2D eigenvalue weighted by Crippen LogP contribution is 2.15. The number of hydrogen-bond donors (Lipinski definition) is 2. The molecule has 1 heterocycles. The second kappa shape index (κ2) is 8.37. The first kappa shape index (κ1) is 19.1. The van der Waals surface area contributed by atoms with E-state index in [2.05, 4.69) is 10.0 Å². The largest absolute Gasteiger partial charge is 0.355 e. The number of amides is 1. The van der Waals surface area contributed by atoms with Crippen molar-refractivity contribution in [3.05, 3.63) is 66.4 Å². The standard InChI is InChI=1S/C20H23N3O3S/c1-16-6-8-18(9-7-16)27(25,26)22-13-12-21-20(24)11-15-23-14-10-17-4-2-3-5-19(17)23/h2-10,14,22H,11-13,15H2,1H3,(H,21,24). The number of aromatic nitrogens is 1. The quantitative estimate of drug-likeness (QED) is 0.585. The fourth-order valence-electron chi connectivity index (χ4n) is 2.83. The molecule has 0 radical (unpaired) electrons. The Bertz CT molecular complexity index is 1020. The van der Waals surface area contributed by atoms with E-state index >= 15 is 0 Å². The zero-order valence-electron chi connectivity index (χ0n) is 15.2. The minimum atomic E-state index is -3.55. The average molecular weight is 385 g/mol. The summed E-state index contributed by atoms with van der Waals surface area (Å²) in [6.07, 6.45) is 2.30. The van der Waals surface area contributed by atoms with Crippen LogP contribution in [-0.4, -0.2) is 32.0 Å². The lowest BCUT2D eigenvalue weighted by Crippen LogP contribution is -2.35. The van der Waals surface area contributed by atoms with Gasteiger partial charge in [-0.2, -0.15) is 0 Å². The first-order valence-electron chi connectivity index (χ1n) is 8.83. The maximum atomic E-state index is 12.2. The van der Waals surface area contributed by atoms with Crippen molar-refractivity contribution >= 4 is 26.8 Å². The molecule has 1 amide bonds. The van der Waals surface area contributed by atoms with E-state index in [1.165, 1.54) is 0 Å². The van der Waals surface area contributed by atoms with Crippen molar-refractivity contribution in [1.82, 2.24) is 14.6 Å². The van der Waals surface area contributed by atoms with Gasteiger partial charge in [0.05, 0.1) is 4.90 Å². The van der Waals surface area contributed by atoms with Gasteiger partial charge in [-0.05, 0) is 36.6 Å². The number of nitrogens with zero attached hydrogens (tertiary/aromatic N) is 1. The van der Waals surface area contributed by atoms with Crippen molar-refractivity contribution in [1.29, 1.82) is 0 Å². The Labute approximate surface area is 159 Å². The van der Waals surface area contributed by atoms with Crippen molar-refractivity contribution in [2.24, 2.45) is 0 Å². The van der Waals surface area contributed by atoms with Gasteiger partial charge in [0.15, 0.2) is 0 Å². The summed E-state index contributed by atoms with van der Waals surface area (Å²) >= 11 is 0. The van der Waals surface area contributed by atoms with E-state index in [1.807, 2.05) is 48.0 Å². The highest BCUT2D eigenvalue weighted by Gasteiger charge is 2.12. The van der Waals surface area contributed by atoms with E-state index < -0.39 is 10.0 Å². The number of para-hydroxylation sites is 1. The molecule has 6 nitrogen and oxygen atoms in total. The number of hydrogen-bond acceptors (Lipinski definition) is 3. The van der Waals surface area contributed by atoms with Crippen LogP contribution in [0.15, 0.2) is 65.7 Å². The van der Waals surface area contributed by atoms with Gasteiger partial charge in [-0.1, -0.05) is 35.9 Å². The topological polar surface area (TPSA) is 80.2 Å². The Morgan fingerprint density at radius 1 is 1.00 bits per heavy atom. The summed E-state index contributed by atoms with van der Waals surface area (Å²) in [5.41, 5.74) is 2.09. The molecular weight excluding hydrogens is 362 g/mol. The Morgan fingerprint density at radius 2 is 1.74 bits per heavy atom. The molecule has 1 aromatic heterocycles. The van der Waals surface area contributed by atoms with E-state index in [4.69, 9.17) is 0 Å². The van der Waals surface area contributed by atoms with Crippen LogP contribution in [0.5, 0.6) is 0 Å². The minimum absolute atomic E-state index is 0.109. The molecule has 2 aromatic carbocycles. The number of fused-ring (bicyclic) bond motifs is 1. The van der Waals surface area contributed by atoms with Crippen LogP contribution >= 0.6 is 0 Å². The number of rotatable bonds is 8. The lowest BCUT2D eigenvalue weighted by Gasteiger charge is -2.09. The monoisotopic (exact) mass is 385 g/mol. The third kappa shape index (κ3) is 4.96. The number of nitrogens with one attached hydrogen (secondary N) is 2. The van der Waals surface area contributed by atoms with Crippen LogP contribution in [0.4, 0.5) is 0 Å². The van der Waals surface area contributed by atoms with E-state index in [1.54, 1.807) is 24.3 Å². The normalized spacial score (nSPS) is 11.6. The summed E-state index contributed by atoms with van der Waals surface area (Å²) in [5.74, 6) is -0.109. The number of carbonyl (C=O) groups is 1. The van der Waals surface area contributed by atoms with Crippen LogP contribution in [0.1, 0.15) is 12.0 Å². The minimum Gasteiger partial charge on any atom is -0.355 e. The van der Waals surface area contributed by atoms with Crippen LogP contribution in [0.25, 0.3) is 10.9 Å². The second-order valence-electron chi connectivity index (χ2n) is 6.38. The van der Waals surface area contributed by atoms with Gasteiger partial charge in [-0.3, -0.25) is 4.79 Å². The highest BCUT2D eigenvalue weighted by molar-refractivity contribution is 7.89. The van der Waals surface area contributed by atoms with Gasteiger partial charge in [0.25, 0.3) is 0 Å². The van der Waals surface area contributed by atoms with Gasteiger partial charge >= 0.3 is 0 Å². The molecule has 0 saturated carbocycles. The summed E-state index contributed by atoms with van der Waals surface area (Å²) in [5, 5.41) is 3.89. The van der Waals surface area contributed by atoms with Gasteiger partial charge < -0.3 is 9.88 Å². The molecule has 7 heteroatoms. The molecule has 3 aromatic rings. The molecular formula is C20H23N3O3S. The van der Waals surface area contributed by atoms with Crippen LogP contribution in [0.2, 0.25) is 0 Å². The van der Waals surface area contributed by atoms with E-state index in [0.29, 0.717) is 13.0 Å². The van der Waals surface area contributed by atoms with Gasteiger partial charge in [-0.25, -0.2) is 13.1 Å². The maximum absolute atomic E-state index is 12.2. The maximum Gasteiger partial charge on any atom is 0.240 e. The number of sulfonamides is 1. The van der Waals surface area contributed by atoms with Crippen molar-refractivity contribution < 1.29 is 13.2 Å². The number of benzene rings is 2. The third-order valence-electron chi connectivity index (χ3n) is 4.33. The Morgan fingerprint density at radius 3 is 2.52 bits per heavy atom. The zero-order chi connectivity index (χ0) is 19.3. The lowest BCUT2D eigenvalue weighted by atomic mass is 10.2. The molecule has 0 fully saturated rings. The van der Waals surface area contributed by atoms with Crippen molar-refractivity contribution in [2.75, 3.05) is 13.1 Å². The molecule has 0 saturated heterocycles. The smallest absolute Gasteiger partial charge is 0.240 e. The Hall–Kier alpha value is -2.64. The van der Waals surface area contributed by atoms with E-state index in [9.17, 15) is 13.2 Å². The summed E-state index contributed by atoms with van der Waals surface area (Å²) in [6, 6.07) is 16.7. The SMILES string of the molecule is Cc1ccc(S(=O)(=O)NCCNC(=O)CCn2ccc3ccccc32)cc1. The fraction of sp³-hybridized carbons (Fsp3) is 0.250.